The van der Waals surface area contributed by atoms with Gasteiger partial charge in [0.15, 0.2) is 11.6 Å². The molecule has 2 rings (SSSR count). The lowest BCUT2D eigenvalue weighted by Crippen LogP contribution is -2.38. The minimum Gasteiger partial charge on any atom is -0.432 e. The summed E-state index contributed by atoms with van der Waals surface area (Å²) in [6, 6.07) is 4.28. The third-order valence-corrected chi connectivity index (χ3v) is 4.00. The highest BCUT2D eigenvalue weighted by molar-refractivity contribution is 5.48. The number of rotatable bonds is 4. The van der Waals surface area contributed by atoms with Crippen LogP contribution in [0.1, 0.15) is 39.5 Å². The molecule has 1 aliphatic carbocycles. The van der Waals surface area contributed by atoms with Gasteiger partial charge in [-0.3, -0.25) is 0 Å². The second-order valence-electron chi connectivity index (χ2n) is 5.95. The van der Waals surface area contributed by atoms with Gasteiger partial charge in [-0.2, -0.15) is 8.78 Å². The summed E-state index contributed by atoms with van der Waals surface area (Å²) < 4.78 is 41.9. The Labute approximate surface area is 117 Å². The molecule has 2 nitrogen and oxygen atoms in total. The quantitative estimate of drug-likeness (QED) is 0.858. The molecular weight excluding hydrogens is 267 g/mol. The molecule has 0 heterocycles. The average molecular weight is 287 g/mol. The molecule has 1 aromatic rings. The van der Waals surface area contributed by atoms with E-state index in [0.29, 0.717) is 5.69 Å². The first-order valence-corrected chi connectivity index (χ1v) is 6.89. The summed E-state index contributed by atoms with van der Waals surface area (Å²) in [6.07, 6.45) is 4.51. The number of benzene rings is 1. The van der Waals surface area contributed by atoms with Crippen LogP contribution in [0.25, 0.3) is 0 Å². The summed E-state index contributed by atoms with van der Waals surface area (Å²) >= 11 is 0. The molecule has 0 aliphatic heterocycles. The van der Waals surface area contributed by atoms with Gasteiger partial charge in [-0.1, -0.05) is 26.7 Å². The SMILES string of the molecule is CC1(C)CCCCC1Nc1ccc(OC(F)F)c(F)c1. The van der Waals surface area contributed by atoms with E-state index in [1.165, 1.54) is 18.6 Å². The Morgan fingerprint density at radius 3 is 2.65 bits per heavy atom. The first-order valence-electron chi connectivity index (χ1n) is 6.89. The van der Waals surface area contributed by atoms with Gasteiger partial charge in [-0.25, -0.2) is 4.39 Å². The molecule has 0 saturated heterocycles. The molecule has 1 unspecified atom stereocenters. The highest BCUT2D eigenvalue weighted by Gasteiger charge is 2.32. The van der Waals surface area contributed by atoms with E-state index in [1.807, 2.05) is 0 Å². The van der Waals surface area contributed by atoms with Crippen LogP contribution in [0.3, 0.4) is 0 Å². The fourth-order valence-corrected chi connectivity index (χ4v) is 2.74. The predicted octanol–water partition coefficient (Wildman–Crippen LogP) is 4.81. The molecule has 0 aromatic heterocycles. The number of hydrogen-bond donors (Lipinski definition) is 1. The maximum atomic E-state index is 13.7. The van der Waals surface area contributed by atoms with Crippen LogP contribution in [-0.2, 0) is 0 Å². The summed E-state index contributed by atoms with van der Waals surface area (Å²) in [5, 5.41) is 3.31. The first kappa shape index (κ1) is 15.0. The van der Waals surface area contributed by atoms with Gasteiger partial charge in [0.2, 0.25) is 0 Å². The monoisotopic (exact) mass is 287 g/mol. The van der Waals surface area contributed by atoms with E-state index in [9.17, 15) is 13.2 Å². The van der Waals surface area contributed by atoms with Crippen LogP contribution in [0.15, 0.2) is 18.2 Å². The van der Waals surface area contributed by atoms with Crippen molar-refractivity contribution >= 4 is 5.69 Å². The summed E-state index contributed by atoms with van der Waals surface area (Å²) in [5.41, 5.74) is 0.747. The topological polar surface area (TPSA) is 21.3 Å². The molecule has 0 amide bonds. The zero-order valence-corrected chi connectivity index (χ0v) is 11.8. The van der Waals surface area contributed by atoms with E-state index < -0.39 is 18.2 Å². The molecule has 0 spiro atoms. The molecule has 1 saturated carbocycles. The zero-order chi connectivity index (χ0) is 14.8. The molecule has 1 fully saturated rings. The largest absolute Gasteiger partial charge is 0.432 e. The van der Waals surface area contributed by atoms with Crippen LogP contribution in [0.4, 0.5) is 18.9 Å². The molecule has 5 heteroatoms. The van der Waals surface area contributed by atoms with Crippen molar-refractivity contribution in [2.75, 3.05) is 5.32 Å². The fraction of sp³-hybridized carbons (Fsp3) is 0.600. The molecule has 0 radical (unpaired) electrons. The minimum absolute atomic E-state index is 0.146. The number of nitrogens with one attached hydrogen (secondary N) is 1. The Kier molecular flexibility index (Phi) is 4.45. The van der Waals surface area contributed by atoms with E-state index in [0.717, 1.165) is 19.3 Å². The van der Waals surface area contributed by atoms with Crippen LogP contribution in [0, 0.1) is 11.2 Å². The standard InChI is InChI=1S/C15H20F3NO/c1-15(2)8-4-3-5-13(15)19-10-6-7-12(11(16)9-10)20-14(17)18/h6-7,9,13-14,19H,3-5,8H2,1-2H3. The molecule has 1 N–H and O–H groups in total. The number of anilines is 1. The Morgan fingerprint density at radius 2 is 2.05 bits per heavy atom. The maximum Gasteiger partial charge on any atom is 0.387 e. The van der Waals surface area contributed by atoms with Crippen LogP contribution < -0.4 is 10.1 Å². The van der Waals surface area contributed by atoms with Crippen molar-refractivity contribution < 1.29 is 17.9 Å². The van der Waals surface area contributed by atoms with Gasteiger partial charge in [0.1, 0.15) is 0 Å². The molecule has 20 heavy (non-hydrogen) atoms. The van der Waals surface area contributed by atoms with Gasteiger partial charge in [-0.15, -0.1) is 0 Å². The maximum absolute atomic E-state index is 13.7. The van der Waals surface area contributed by atoms with Crippen molar-refractivity contribution in [3.05, 3.63) is 24.0 Å². The highest BCUT2D eigenvalue weighted by Crippen LogP contribution is 2.37. The summed E-state index contributed by atoms with van der Waals surface area (Å²) in [7, 11) is 0. The Bertz CT molecular complexity index is 462. The second-order valence-corrected chi connectivity index (χ2v) is 5.95. The number of halogens is 3. The minimum atomic E-state index is -3.01. The lowest BCUT2D eigenvalue weighted by Gasteiger charge is -2.39. The summed E-state index contributed by atoms with van der Waals surface area (Å²) in [5.74, 6) is -1.20. The van der Waals surface area contributed by atoms with E-state index in [2.05, 4.69) is 23.9 Å². The lowest BCUT2D eigenvalue weighted by molar-refractivity contribution is -0.0521. The van der Waals surface area contributed by atoms with Crippen molar-refractivity contribution in [3.63, 3.8) is 0 Å². The Hall–Kier alpha value is -1.39. The number of alkyl halides is 2. The summed E-state index contributed by atoms with van der Waals surface area (Å²) in [6.45, 7) is 1.36. The van der Waals surface area contributed by atoms with Gasteiger partial charge < -0.3 is 10.1 Å². The van der Waals surface area contributed by atoms with Gasteiger partial charge in [0, 0.05) is 17.8 Å². The molecule has 1 aliphatic rings. The average Bonchev–Trinajstić information content (AvgIpc) is 2.35. The smallest absolute Gasteiger partial charge is 0.387 e. The fourth-order valence-electron chi connectivity index (χ4n) is 2.74. The molecule has 112 valence electrons. The third kappa shape index (κ3) is 3.58. The highest BCUT2D eigenvalue weighted by atomic mass is 19.3. The van der Waals surface area contributed by atoms with Crippen molar-refractivity contribution in [1.29, 1.82) is 0 Å². The van der Waals surface area contributed by atoms with E-state index in [-0.39, 0.29) is 11.5 Å². The third-order valence-electron chi connectivity index (χ3n) is 4.00. The van der Waals surface area contributed by atoms with Gasteiger partial charge >= 0.3 is 6.61 Å². The Balaban J connectivity index is 2.08. The van der Waals surface area contributed by atoms with Crippen molar-refractivity contribution in [2.45, 2.75) is 52.2 Å². The lowest BCUT2D eigenvalue weighted by atomic mass is 9.73. The Morgan fingerprint density at radius 1 is 1.30 bits per heavy atom. The van der Waals surface area contributed by atoms with Crippen LogP contribution >= 0.6 is 0 Å². The van der Waals surface area contributed by atoms with Crippen molar-refractivity contribution in [2.24, 2.45) is 5.41 Å². The normalized spacial score (nSPS) is 21.8. The van der Waals surface area contributed by atoms with E-state index in [1.54, 1.807) is 6.07 Å². The van der Waals surface area contributed by atoms with Gasteiger partial charge in [0.05, 0.1) is 0 Å². The number of ether oxygens (including phenoxy) is 1. The van der Waals surface area contributed by atoms with Crippen molar-refractivity contribution in [1.82, 2.24) is 0 Å². The van der Waals surface area contributed by atoms with Crippen LogP contribution in [-0.4, -0.2) is 12.7 Å². The van der Waals surface area contributed by atoms with Gasteiger partial charge in [0.25, 0.3) is 0 Å². The first-order chi connectivity index (χ1) is 9.38. The molecular formula is C15H20F3NO. The van der Waals surface area contributed by atoms with Crippen LogP contribution in [0.2, 0.25) is 0 Å². The van der Waals surface area contributed by atoms with Gasteiger partial charge in [-0.05, 0) is 30.4 Å². The molecule has 0 bridgehead atoms. The second kappa shape index (κ2) is 5.94. The van der Waals surface area contributed by atoms with E-state index >= 15 is 0 Å². The van der Waals surface area contributed by atoms with Crippen molar-refractivity contribution in [3.8, 4) is 5.75 Å². The zero-order valence-electron chi connectivity index (χ0n) is 11.8. The van der Waals surface area contributed by atoms with Crippen LogP contribution in [0.5, 0.6) is 5.75 Å². The number of hydrogen-bond acceptors (Lipinski definition) is 2. The summed E-state index contributed by atoms with van der Waals surface area (Å²) in [4.78, 5) is 0. The predicted molar refractivity (Wildman–Crippen MR) is 72.7 cm³/mol. The molecule has 1 aromatic carbocycles. The molecule has 1 atom stereocenters. The van der Waals surface area contributed by atoms with E-state index in [4.69, 9.17) is 0 Å².